The zero-order valence-electron chi connectivity index (χ0n) is 9.25. The van der Waals surface area contributed by atoms with Crippen molar-refractivity contribution in [3.05, 3.63) is 35.4 Å². The van der Waals surface area contributed by atoms with Crippen molar-refractivity contribution in [2.45, 2.75) is 19.9 Å². The van der Waals surface area contributed by atoms with Crippen LogP contribution in [0.1, 0.15) is 18.1 Å². The van der Waals surface area contributed by atoms with Gasteiger partial charge in [0.25, 0.3) is 0 Å². The lowest BCUT2D eigenvalue weighted by Gasteiger charge is -2.04. The second kappa shape index (κ2) is 6.19. The van der Waals surface area contributed by atoms with E-state index < -0.39 is 0 Å². The van der Waals surface area contributed by atoms with Crippen molar-refractivity contribution in [2.24, 2.45) is 0 Å². The second-order valence-electron chi connectivity index (χ2n) is 3.35. The predicted octanol–water partition coefficient (Wildman–Crippen LogP) is 1.51. The molecular weight excluding hydrogens is 190 g/mol. The SMILES string of the molecule is CCc1ccc(CNCC(=O)OC)cc1. The quantitative estimate of drug-likeness (QED) is 0.744. The number of rotatable bonds is 5. The monoisotopic (exact) mass is 207 g/mol. The van der Waals surface area contributed by atoms with E-state index in [0.29, 0.717) is 6.54 Å². The van der Waals surface area contributed by atoms with Crippen molar-refractivity contribution >= 4 is 5.97 Å². The van der Waals surface area contributed by atoms with Crippen LogP contribution in [0.4, 0.5) is 0 Å². The van der Waals surface area contributed by atoms with E-state index in [2.05, 4.69) is 41.2 Å². The summed E-state index contributed by atoms with van der Waals surface area (Å²) in [7, 11) is 1.39. The highest BCUT2D eigenvalue weighted by Gasteiger charge is 1.98. The standard InChI is InChI=1S/C12H17NO2/c1-3-10-4-6-11(7-5-10)8-13-9-12(14)15-2/h4-7,13H,3,8-9H2,1-2H3. The fourth-order valence-corrected chi connectivity index (χ4v) is 1.27. The van der Waals surface area contributed by atoms with E-state index in [1.54, 1.807) is 0 Å². The molecular formula is C12H17NO2. The number of nitrogens with one attached hydrogen (secondary N) is 1. The van der Waals surface area contributed by atoms with Gasteiger partial charge in [-0.3, -0.25) is 4.79 Å². The maximum atomic E-state index is 10.8. The molecule has 0 aliphatic heterocycles. The summed E-state index contributed by atoms with van der Waals surface area (Å²) in [6, 6.07) is 8.36. The van der Waals surface area contributed by atoms with E-state index >= 15 is 0 Å². The van der Waals surface area contributed by atoms with Crippen LogP contribution >= 0.6 is 0 Å². The third-order valence-electron chi connectivity index (χ3n) is 2.26. The Labute approximate surface area is 90.4 Å². The average molecular weight is 207 g/mol. The highest BCUT2D eigenvalue weighted by molar-refractivity contribution is 5.71. The van der Waals surface area contributed by atoms with Crippen LogP contribution in [0.3, 0.4) is 0 Å². The number of hydrogen-bond donors (Lipinski definition) is 1. The lowest BCUT2D eigenvalue weighted by Crippen LogP contribution is -2.23. The van der Waals surface area contributed by atoms with E-state index in [4.69, 9.17) is 0 Å². The molecule has 1 aromatic rings. The molecule has 0 bridgehead atoms. The van der Waals surface area contributed by atoms with Gasteiger partial charge in [0.05, 0.1) is 13.7 Å². The Balaban J connectivity index is 2.34. The van der Waals surface area contributed by atoms with Gasteiger partial charge in [0.15, 0.2) is 0 Å². The van der Waals surface area contributed by atoms with Gasteiger partial charge in [0.2, 0.25) is 0 Å². The number of benzene rings is 1. The van der Waals surface area contributed by atoms with E-state index in [-0.39, 0.29) is 12.5 Å². The number of esters is 1. The van der Waals surface area contributed by atoms with Crippen LogP contribution in [0.15, 0.2) is 24.3 Å². The van der Waals surface area contributed by atoms with Crippen molar-refractivity contribution in [1.82, 2.24) is 5.32 Å². The summed E-state index contributed by atoms with van der Waals surface area (Å²) < 4.78 is 4.52. The Morgan fingerprint density at radius 1 is 1.27 bits per heavy atom. The van der Waals surface area contributed by atoms with Crippen LogP contribution in [0.5, 0.6) is 0 Å². The van der Waals surface area contributed by atoms with Gasteiger partial charge in [-0.2, -0.15) is 0 Å². The molecule has 0 aliphatic carbocycles. The predicted molar refractivity (Wildman–Crippen MR) is 59.5 cm³/mol. The van der Waals surface area contributed by atoms with Gasteiger partial charge in [-0.1, -0.05) is 31.2 Å². The fraction of sp³-hybridized carbons (Fsp3) is 0.417. The smallest absolute Gasteiger partial charge is 0.319 e. The first-order valence-electron chi connectivity index (χ1n) is 5.11. The summed E-state index contributed by atoms with van der Waals surface area (Å²) in [5.74, 6) is -0.236. The molecule has 0 aromatic heterocycles. The zero-order valence-corrected chi connectivity index (χ0v) is 9.25. The first-order chi connectivity index (χ1) is 7.26. The molecule has 3 nitrogen and oxygen atoms in total. The Morgan fingerprint density at radius 2 is 1.87 bits per heavy atom. The summed E-state index contributed by atoms with van der Waals surface area (Å²) in [6.45, 7) is 3.08. The number of aryl methyl sites for hydroxylation is 1. The van der Waals surface area contributed by atoms with E-state index in [9.17, 15) is 4.79 Å². The van der Waals surface area contributed by atoms with Crippen molar-refractivity contribution in [3.8, 4) is 0 Å². The molecule has 1 N–H and O–H groups in total. The van der Waals surface area contributed by atoms with E-state index in [1.807, 2.05) is 0 Å². The second-order valence-corrected chi connectivity index (χ2v) is 3.35. The molecule has 0 aliphatic rings. The lowest BCUT2D eigenvalue weighted by atomic mass is 10.1. The Morgan fingerprint density at radius 3 is 2.40 bits per heavy atom. The molecule has 1 rings (SSSR count). The molecule has 1 aromatic carbocycles. The summed E-state index contributed by atoms with van der Waals surface area (Å²) in [5.41, 5.74) is 2.50. The molecule has 0 saturated heterocycles. The van der Waals surface area contributed by atoms with Crippen LogP contribution in [0, 0.1) is 0 Å². The molecule has 0 atom stereocenters. The highest BCUT2D eigenvalue weighted by atomic mass is 16.5. The fourth-order valence-electron chi connectivity index (χ4n) is 1.27. The van der Waals surface area contributed by atoms with E-state index in [1.165, 1.54) is 18.2 Å². The van der Waals surface area contributed by atoms with Crippen LogP contribution in [-0.2, 0) is 22.5 Å². The van der Waals surface area contributed by atoms with Crippen LogP contribution in [0.25, 0.3) is 0 Å². The molecule has 0 unspecified atom stereocenters. The first-order valence-corrected chi connectivity index (χ1v) is 5.11. The Bertz CT molecular complexity index is 306. The first kappa shape index (κ1) is 11.7. The van der Waals surface area contributed by atoms with Crippen LogP contribution in [-0.4, -0.2) is 19.6 Å². The van der Waals surface area contributed by atoms with Gasteiger partial charge in [-0.05, 0) is 17.5 Å². The molecule has 0 radical (unpaired) electrons. The number of hydrogen-bond acceptors (Lipinski definition) is 3. The van der Waals surface area contributed by atoms with Gasteiger partial charge >= 0.3 is 5.97 Å². The molecule has 0 amide bonds. The zero-order chi connectivity index (χ0) is 11.1. The average Bonchev–Trinajstić information content (AvgIpc) is 2.29. The van der Waals surface area contributed by atoms with Crippen molar-refractivity contribution in [1.29, 1.82) is 0 Å². The molecule has 3 heteroatoms. The number of ether oxygens (including phenoxy) is 1. The summed E-state index contributed by atoms with van der Waals surface area (Å²) in [6.07, 6.45) is 1.05. The van der Waals surface area contributed by atoms with Gasteiger partial charge in [0.1, 0.15) is 0 Å². The number of carbonyl (C=O) groups excluding carboxylic acids is 1. The third kappa shape index (κ3) is 4.13. The molecule has 82 valence electrons. The normalized spacial score (nSPS) is 10.0. The molecule has 0 fully saturated rings. The minimum atomic E-state index is -0.236. The summed E-state index contributed by atoms with van der Waals surface area (Å²) >= 11 is 0. The lowest BCUT2D eigenvalue weighted by molar-refractivity contribution is -0.139. The van der Waals surface area contributed by atoms with Gasteiger partial charge < -0.3 is 10.1 Å². The third-order valence-corrected chi connectivity index (χ3v) is 2.26. The minimum absolute atomic E-state index is 0.236. The van der Waals surface area contributed by atoms with Gasteiger partial charge in [-0.25, -0.2) is 0 Å². The van der Waals surface area contributed by atoms with Crippen molar-refractivity contribution < 1.29 is 9.53 Å². The maximum absolute atomic E-state index is 10.8. The number of carbonyl (C=O) groups is 1. The largest absolute Gasteiger partial charge is 0.468 e. The summed E-state index contributed by atoms with van der Waals surface area (Å²) in [5, 5.41) is 3.02. The highest BCUT2D eigenvalue weighted by Crippen LogP contribution is 2.04. The number of methoxy groups -OCH3 is 1. The topological polar surface area (TPSA) is 38.3 Å². The molecule has 0 heterocycles. The van der Waals surface area contributed by atoms with Crippen LogP contribution < -0.4 is 5.32 Å². The maximum Gasteiger partial charge on any atom is 0.319 e. The van der Waals surface area contributed by atoms with E-state index in [0.717, 1.165) is 6.42 Å². The Kier molecular flexibility index (Phi) is 4.84. The van der Waals surface area contributed by atoms with Gasteiger partial charge in [0, 0.05) is 6.54 Å². The Hall–Kier alpha value is -1.35. The molecule has 0 spiro atoms. The van der Waals surface area contributed by atoms with Gasteiger partial charge in [-0.15, -0.1) is 0 Å². The van der Waals surface area contributed by atoms with Crippen molar-refractivity contribution in [3.63, 3.8) is 0 Å². The van der Waals surface area contributed by atoms with Crippen LogP contribution in [0.2, 0.25) is 0 Å². The summed E-state index contributed by atoms with van der Waals surface area (Å²) in [4.78, 5) is 10.8. The molecule has 0 saturated carbocycles. The molecule has 15 heavy (non-hydrogen) atoms. The van der Waals surface area contributed by atoms with Crippen molar-refractivity contribution in [2.75, 3.05) is 13.7 Å². The minimum Gasteiger partial charge on any atom is -0.468 e.